The van der Waals surface area contributed by atoms with E-state index in [1.807, 2.05) is 0 Å². The minimum atomic E-state index is -0.222. The zero-order valence-corrected chi connectivity index (χ0v) is 13.9. The van der Waals surface area contributed by atoms with Gasteiger partial charge in [-0.15, -0.1) is 0 Å². The van der Waals surface area contributed by atoms with Crippen molar-refractivity contribution >= 4 is 57.1 Å². The highest BCUT2D eigenvalue weighted by Crippen LogP contribution is 2.17. The summed E-state index contributed by atoms with van der Waals surface area (Å²) in [4.78, 5) is 0. The molecule has 22 heavy (non-hydrogen) atoms. The molecule has 8 heteroatoms. The highest BCUT2D eigenvalue weighted by Gasteiger charge is 2.01. The van der Waals surface area contributed by atoms with Crippen molar-refractivity contribution in [2.75, 3.05) is 0 Å². The molecule has 0 amide bonds. The molecule has 0 saturated carbocycles. The van der Waals surface area contributed by atoms with Crippen LogP contribution in [0.1, 0.15) is 0 Å². The highest BCUT2D eigenvalue weighted by molar-refractivity contribution is 6.64. The maximum absolute atomic E-state index is 5.78. The normalized spacial score (nSPS) is 12.2. The number of benzene rings is 2. The Morgan fingerprint density at radius 1 is 0.636 bits per heavy atom. The van der Waals surface area contributed by atoms with Crippen LogP contribution in [0.5, 0.6) is 11.5 Å². The third-order valence-electron chi connectivity index (χ3n) is 2.24. The summed E-state index contributed by atoms with van der Waals surface area (Å²) >= 11 is 23.1. The van der Waals surface area contributed by atoms with Crippen molar-refractivity contribution in [3.05, 3.63) is 58.6 Å². The van der Waals surface area contributed by atoms with Crippen molar-refractivity contribution in [1.82, 2.24) is 0 Å². The first-order chi connectivity index (χ1) is 10.5. The van der Waals surface area contributed by atoms with Gasteiger partial charge >= 0.3 is 10.7 Å². The van der Waals surface area contributed by atoms with Gasteiger partial charge in [-0.2, -0.15) is 0 Å². The first-order valence-electron chi connectivity index (χ1n) is 5.86. The Labute approximate surface area is 146 Å². The summed E-state index contributed by atoms with van der Waals surface area (Å²) in [5, 5.41) is 7.89. The molecule has 0 aliphatic rings. The summed E-state index contributed by atoms with van der Waals surface area (Å²) in [6, 6.07) is 13.2. The molecule has 0 N–H and O–H groups in total. The minimum absolute atomic E-state index is 0.222. The van der Waals surface area contributed by atoms with E-state index in [-0.39, 0.29) is 10.7 Å². The van der Waals surface area contributed by atoms with Gasteiger partial charge in [0.25, 0.3) is 0 Å². The Bertz CT molecular complexity index is 623. The lowest BCUT2D eigenvalue weighted by Crippen LogP contribution is -2.02. The number of nitrogens with zero attached hydrogens (tertiary/aromatic N) is 2. The molecule has 114 valence electrons. The summed E-state index contributed by atoms with van der Waals surface area (Å²) in [5.41, 5.74) is 0. The van der Waals surface area contributed by atoms with Crippen molar-refractivity contribution < 1.29 is 9.47 Å². The average Bonchev–Trinajstić information content (AvgIpc) is 2.50. The van der Waals surface area contributed by atoms with Crippen molar-refractivity contribution in [2.45, 2.75) is 0 Å². The third kappa shape index (κ3) is 5.73. The van der Waals surface area contributed by atoms with Crippen molar-refractivity contribution in [1.29, 1.82) is 0 Å². The van der Waals surface area contributed by atoms with Crippen molar-refractivity contribution in [3.63, 3.8) is 0 Å². The Morgan fingerprint density at radius 2 is 0.955 bits per heavy atom. The lowest BCUT2D eigenvalue weighted by molar-refractivity contribution is 0.551. The van der Waals surface area contributed by atoms with Gasteiger partial charge in [0.2, 0.25) is 0 Å². The molecule has 0 bridgehead atoms. The molecule has 0 atom stereocenters. The Morgan fingerprint density at radius 3 is 1.27 bits per heavy atom. The van der Waals surface area contributed by atoms with Crippen LogP contribution in [0.4, 0.5) is 0 Å². The molecule has 0 unspecified atom stereocenters. The van der Waals surface area contributed by atoms with Crippen LogP contribution in [0.25, 0.3) is 0 Å². The summed E-state index contributed by atoms with van der Waals surface area (Å²) < 4.78 is 10.4. The summed E-state index contributed by atoms with van der Waals surface area (Å²) in [5.74, 6) is 0.922. The van der Waals surface area contributed by atoms with E-state index in [1.54, 1.807) is 48.5 Å². The SMILES string of the molecule is Cl/C(=N/N=C(/Cl)Oc1ccc(Cl)cc1)Oc1ccc(Cl)cc1. The van der Waals surface area contributed by atoms with Crippen molar-refractivity contribution in [2.24, 2.45) is 10.2 Å². The smallest absolute Gasteiger partial charge is 0.311 e. The van der Waals surface area contributed by atoms with E-state index in [2.05, 4.69) is 10.2 Å². The molecule has 0 spiro atoms. The van der Waals surface area contributed by atoms with E-state index >= 15 is 0 Å². The van der Waals surface area contributed by atoms with Gasteiger partial charge < -0.3 is 9.47 Å². The molecule has 0 radical (unpaired) electrons. The maximum Gasteiger partial charge on any atom is 0.311 e. The fourth-order valence-corrected chi connectivity index (χ4v) is 1.82. The molecule has 0 aliphatic heterocycles. The number of hydrogen-bond acceptors (Lipinski definition) is 4. The van der Waals surface area contributed by atoms with Crippen LogP contribution >= 0.6 is 46.4 Å². The van der Waals surface area contributed by atoms with Crippen LogP contribution in [0.2, 0.25) is 10.0 Å². The Balaban J connectivity index is 1.95. The summed E-state index contributed by atoms with van der Waals surface area (Å²) in [6.07, 6.45) is 0. The van der Waals surface area contributed by atoms with Gasteiger partial charge in [-0.05, 0) is 71.7 Å². The van der Waals surface area contributed by atoms with E-state index in [1.165, 1.54) is 0 Å². The molecule has 2 rings (SSSR count). The molecule has 4 nitrogen and oxygen atoms in total. The van der Waals surface area contributed by atoms with Crippen LogP contribution in [0.3, 0.4) is 0 Å². The largest absolute Gasteiger partial charge is 0.429 e. The molecule has 0 aromatic heterocycles. The van der Waals surface area contributed by atoms with Gasteiger partial charge in [-0.25, -0.2) is 0 Å². The quantitative estimate of drug-likeness (QED) is 0.399. The van der Waals surface area contributed by atoms with Gasteiger partial charge in [-0.1, -0.05) is 33.4 Å². The monoisotopic (exact) mass is 376 g/mol. The van der Waals surface area contributed by atoms with Gasteiger partial charge in [-0.3, -0.25) is 0 Å². The fraction of sp³-hybridized carbons (Fsp3) is 0. The predicted octanol–water partition coefficient (Wildman–Crippen LogP) is 5.56. The van der Waals surface area contributed by atoms with Crippen LogP contribution in [0, 0.1) is 0 Å². The molecule has 2 aromatic carbocycles. The number of rotatable bonds is 3. The van der Waals surface area contributed by atoms with E-state index in [4.69, 9.17) is 55.9 Å². The third-order valence-corrected chi connectivity index (χ3v) is 3.05. The molecular weight excluding hydrogens is 370 g/mol. The topological polar surface area (TPSA) is 43.2 Å². The fourth-order valence-electron chi connectivity index (χ4n) is 1.32. The lowest BCUT2D eigenvalue weighted by atomic mass is 10.3. The van der Waals surface area contributed by atoms with Crippen LogP contribution in [-0.2, 0) is 0 Å². The number of halogens is 4. The molecule has 0 saturated heterocycles. The highest BCUT2D eigenvalue weighted by atomic mass is 35.5. The van der Waals surface area contributed by atoms with Gasteiger partial charge in [0, 0.05) is 10.0 Å². The zero-order chi connectivity index (χ0) is 15.9. The van der Waals surface area contributed by atoms with E-state index < -0.39 is 0 Å². The predicted molar refractivity (Wildman–Crippen MR) is 90.7 cm³/mol. The van der Waals surface area contributed by atoms with E-state index in [0.717, 1.165) is 0 Å². The van der Waals surface area contributed by atoms with Gasteiger partial charge in [0.05, 0.1) is 0 Å². The first kappa shape index (κ1) is 16.9. The lowest BCUT2D eigenvalue weighted by Gasteiger charge is -2.02. The Hall–Kier alpha value is -1.46. The second-order valence-electron chi connectivity index (χ2n) is 3.82. The molecule has 2 aromatic rings. The van der Waals surface area contributed by atoms with Crippen LogP contribution in [0.15, 0.2) is 58.7 Å². The number of ether oxygens (including phenoxy) is 2. The Kier molecular flexibility index (Phi) is 6.34. The standard InChI is InChI=1S/C14H8Cl4N2O2/c15-9-1-5-11(6-2-9)21-13(17)19-20-14(18)22-12-7-3-10(16)4-8-12/h1-8H/b19-13-,20-14-. The first-order valence-corrected chi connectivity index (χ1v) is 7.37. The van der Waals surface area contributed by atoms with Crippen LogP contribution in [-0.4, -0.2) is 10.7 Å². The molecule has 0 heterocycles. The number of hydrogen-bond donors (Lipinski definition) is 0. The van der Waals surface area contributed by atoms with Gasteiger partial charge in [0.1, 0.15) is 11.5 Å². The van der Waals surface area contributed by atoms with Gasteiger partial charge in [0.15, 0.2) is 0 Å². The van der Waals surface area contributed by atoms with E-state index in [0.29, 0.717) is 21.5 Å². The average molecular weight is 378 g/mol. The minimum Gasteiger partial charge on any atom is -0.429 e. The van der Waals surface area contributed by atoms with Crippen molar-refractivity contribution in [3.8, 4) is 11.5 Å². The molecule has 0 fully saturated rings. The molecular formula is C14H8Cl4N2O2. The van der Waals surface area contributed by atoms with E-state index in [9.17, 15) is 0 Å². The maximum atomic E-state index is 5.78. The van der Waals surface area contributed by atoms with Crippen LogP contribution < -0.4 is 9.47 Å². The second-order valence-corrected chi connectivity index (χ2v) is 5.34. The zero-order valence-electron chi connectivity index (χ0n) is 10.8. The molecule has 0 aliphatic carbocycles. The summed E-state index contributed by atoms with van der Waals surface area (Å²) in [6.45, 7) is 0. The second kappa shape index (κ2) is 8.25. The summed E-state index contributed by atoms with van der Waals surface area (Å²) in [7, 11) is 0.